The van der Waals surface area contributed by atoms with Crippen LogP contribution in [0.15, 0.2) is 34.2 Å². The van der Waals surface area contributed by atoms with Crippen molar-refractivity contribution < 1.29 is 4.42 Å². The molecule has 0 radical (unpaired) electrons. The first kappa shape index (κ1) is 15.6. The average molecular weight is 342 g/mol. The smallest absolute Gasteiger partial charge is 0.152 e. The second-order valence-electron chi connectivity index (χ2n) is 6.25. The van der Waals surface area contributed by atoms with Gasteiger partial charge in [0.05, 0.1) is 6.20 Å². The van der Waals surface area contributed by atoms with Crippen LogP contribution in [-0.4, -0.2) is 34.7 Å². The topological polar surface area (TPSA) is 57.1 Å². The van der Waals surface area contributed by atoms with E-state index in [9.17, 15) is 0 Å². The van der Waals surface area contributed by atoms with E-state index in [1.807, 2.05) is 36.6 Å². The largest absolute Gasteiger partial charge is 0.460 e. The van der Waals surface area contributed by atoms with E-state index in [4.69, 9.17) is 4.42 Å². The van der Waals surface area contributed by atoms with Crippen molar-refractivity contribution in [1.29, 1.82) is 0 Å². The Morgan fingerprint density at radius 1 is 1.38 bits per heavy atom. The molecule has 126 valence electrons. The Morgan fingerprint density at radius 2 is 2.33 bits per heavy atom. The molecule has 3 aromatic rings. The van der Waals surface area contributed by atoms with Crippen LogP contribution in [-0.2, 0) is 19.5 Å². The number of rotatable bonds is 6. The van der Waals surface area contributed by atoms with E-state index < -0.39 is 0 Å². The monoisotopic (exact) mass is 342 g/mol. The van der Waals surface area contributed by atoms with Gasteiger partial charge >= 0.3 is 0 Å². The number of nitrogens with one attached hydrogen (secondary N) is 2. The van der Waals surface area contributed by atoms with Crippen LogP contribution in [0, 0.1) is 6.92 Å². The molecule has 24 heavy (non-hydrogen) atoms. The summed E-state index contributed by atoms with van der Waals surface area (Å²) in [7, 11) is 0. The van der Waals surface area contributed by atoms with Crippen molar-refractivity contribution in [3.05, 3.63) is 51.5 Å². The fraction of sp³-hybridized carbons (Fsp3) is 0.389. The highest BCUT2D eigenvalue weighted by atomic mass is 32.1. The third-order valence-corrected chi connectivity index (χ3v) is 5.53. The maximum Gasteiger partial charge on any atom is 0.152 e. The third-order valence-electron chi connectivity index (χ3n) is 4.51. The fourth-order valence-corrected chi connectivity index (χ4v) is 4.08. The average Bonchev–Trinajstić information content (AvgIpc) is 3.31. The minimum Gasteiger partial charge on any atom is -0.460 e. The number of hydrogen-bond donors (Lipinski definition) is 2. The zero-order chi connectivity index (χ0) is 16.4. The Hall–Kier alpha value is -1.89. The summed E-state index contributed by atoms with van der Waals surface area (Å²) in [5, 5.41) is 12.9. The summed E-state index contributed by atoms with van der Waals surface area (Å²) < 4.78 is 5.69. The van der Waals surface area contributed by atoms with Crippen LogP contribution < -0.4 is 5.32 Å². The van der Waals surface area contributed by atoms with Crippen LogP contribution in [0.3, 0.4) is 0 Å². The van der Waals surface area contributed by atoms with Crippen molar-refractivity contribution in [1.82, 2.24) is 20.4 Å². The lowest BCUT2D eigenvalue weighted by Crippen LogP contribution is -2.35. The maximum absolute atomic E-state index is 5.69. The molecule has 5 nitrogen and oxygen atoms in total. The lowest BCUT2D eigenvalue weighted by atomic mass is 10.1. The van der Waals surface area contributed by atoms with E-state index in [0.717, 1.165) is 55.5 Å². The molecule has 4 heterocycles. The number of nitrogens with zero attached hydrogens (tertiary/aromatic N) is 2. The fourth-order valence-electron chi connectivity index (χ4n) is 3.19. The Balaban J connectivity index is 1.27. The Labute approximate surface area is 145 Å². The van der Waals surface area contributed by atoms with Crippen LogP contribution in [0.4, 0.5) is 0 Å². The molecule has 6 heteroatoms. The summed E-state index contributed by atoms with van der Waals surface area (Å²) in [5.74, 6) is 1.76. The second kappa shape index (κ2) is 6.93. The molecular formula is C18H22N4OS. The van der Waals surface area contributed by atoms with Gasteiger partial charge in [-0.25, -0.2) is 0 Å². The SMILES string of the molecule is Cc1ccc(-c2[nH]ncc2CNCCN2CCc3sccc3C2)o1. The Kier molecular flexibility index (Phi) is 4.51. The maximum atomic E-state index is 5.69. The zero-order valence-corrected chi connectivity index (χ0v) is 14.7. The summed E-state index contributed by atoms with van der Waals surface area (Å²) in [4.78, 5) is 4.09. The molecule has 0 atom stereocenters. The number of aromatic nitrogens is 2. The molecule has 0 unspecified atom stereocenters. The predicted molar refractivity (Wildman–Crippen MR) is 96.0 cm³/mol. The van der Waals surface area contributed by atoms with Crippen LogP contribution in [0.5, 0.6) is 0 Å². The van der Waals surface area contributed by atoms with Crippen molar-refractivity contribution in [2.75, 3.05) is 19.6 Å². The van der Waals surface area contributed by atoms with Gasteiger partial charge in [-0.1, -0.05) is 0 Å². The molecule has 0 spiro atoms. The van der Waals surface area contributed by atoms with E-state index in [1.165, 1.54) is 12.0 Å². The number of aromatic amines is 1. The van der Waals surface area contributed by atoms with E-state index in [-0.39, 0.29) is 0 Å². The first-order chi connectivity index (χ1) is 11.8. The normalized spacial score (nSPS) is 14.9. The molecule has 3 aromatic heterocycles. The van der Waals surface area contributed by atoms with Crippen LogP contribution in [0.25, 0.3) is 11.5 Å². The number of thiophene rings is 1. The first-order valence-corrected chi connectivity index (χ1v) is 9.25. The van der Waals surface area contributed by atoms with Gasteiger partial charge in [-0.2, -0.15) is 5.10 Å². The summed E-state index contributed by atoms with van der Waals surface area (Å²) in [5.41, 5.74) is 3.62. The molecule has 0 saturated carbocycles. The quantitative estimate of drug-likeness (QED) is 0.676. The highest BCUT2D eigenvalue weighted by molar-refractivity contribution is 7.10. The minimum atomic E-state index is 0.795. The van der Waals surface area contributed by atoms with Gasteiger partial charge in [0.15, 0.2) is 5.76 Å². The van der Waals surface area contributed by atoms with Gasteiger partial charge in [0, 0.05) is 43.2 Å². The molecule has 0 fully saturated rings. The first-order valence-electron chi connectivity index (χ1n) is 8.37. The van der Waals surface area contributed by atoms with Crippen LogP contribution in [0.2, 0.25) is 0 Å². The van der Waals surface area contributed by atoms with Gasteiger partial charge in [0.2, 0.25) is 0 Å². The Morgan fingerprint density at radius 3 is 3.21 bits per heavy atom. The number of furan rings is 1. The minimum absolute atomic E-state index is 0.795. The van der Waals surface area contributed by atoms with Gasteiger partial charge < -0.3 is 9.73 Å². The molecule has 1 aliphatic heterocycles. The second-order valence-corrected chi connectivity index (χ2v) is 7.25. The highest BCUT2D eigenvalue weighted by Gasteiger charge is 2.16. The summed E-state index contributed by atoms with van der Waals surface area (Å²) in [6.45, 7) is 7.04. The van der Waals surface area contributed by atoms with Crippen molar-refractivity contribution >= 4 is 11.3 Å². The lowest BCUT2D eigenvalue weighted by molar-refractivity contribution is 0.255. The molecule has 4 rings (SSSR count). The van der Waals surface area contributed by atoms with E-state index >= 15 is 0 Å². The molecule has 0 aliphatic carbocycles. The molecule has 0 aromatic carbocycles. The highest BCUT2D eigenvalue weighted by Crippen LogP contribution is 2.24. The van der Waals surface area contributed by atoms with Crippen molar-refractivity contribution in [2.45, 2.75) is 26.4 Å². The number of aryl methyl sites for hydroxylation is 1. The lowest BCUT2D eigenvalue weighted by Gasteiger charge is -2.26. The van der Waals surface area contributed by atoms with Crippen molar-refractivity contribution in [3.8, 4) is 11.5 Å². The molecule has 0 bridgehead atoms. The van der Waals surface area contributed by atoms with E-state index in [1.54, 1.807) is 4.88 Å². The number of H-pyrrole nitrogens is 1. The third kappa shape index (κ3) is 3.31. The van der Waals surface area contributed by atoms with E-state index in [0.29, 0.717) is 0 Å². The zero-order valence-electron chi connectivity index (χ0n) is 13.8. The van der Waals surface area contributed by atoms with E-state index in [2.05, 4.69) is 31.9 Å². The standard InChI is InChI=1S/C18H22N4OS/c1-13-2-3-16(23-13)18-15(11-20-21-18)10-19-6-8-22-7-4-17-14(12-22)5-9-24-17/h2-3,5,9,11,19H,4,6-8,10,12H2,1H3,(H,20,21). The van der Waals surface area contributed by atoms with Gasteiger partial charge in [0.25, 0.3) is 0 Å². The van der Waals surface area contributed by atoms with Crippen molar-refractivity contribution in [3.63, 3.8) is 0 Å². The van der Waals surface area contributed by atoms with Gasteiger partial charge in [0.1, 0.15) is 11.5 Å². The van der Waals surface area contributed by atoms with Gasteiger partial charge in [-0.15, -0.1) is 11.3 Å². The molecule has 0 saturated heterocycles. The van der Waals surface area contributed by atoms with Crippen LogP contribution >= 0.6 is 11.3 Å². The molecule has 2 N–H and O–H groups in total. The summed E-state index contributed by atoms with van der Waals surface area (Å²) in [6.07, 6.45) is 3.06. The van der Waals surface area contributed by atoms with Gasteiger partial charge in [-0.05, 0) is 42.5 Å². The summed E-state index contributed by atoms with van der Waals surface area (Å²) in [6, 6.07) is 6.23. The number of hydrogen-bond acceptors (Lipinski definition) is 5. The van der Waals surface area contributed by atoms with Crippen LogP contribution in [0.1, 0.15) is 21.8 Å². The molecule has 1 aliphatic rings. The molecule has 0 amide bonds. The Bertz CT molecular complexity index is 803. The summed E-state index contributed by atoms with van der Waals surface area (Å²) >= 11 is 1.89. The van der Waals surface area contributed by atoms with Crippen molar-refractivity contribution in [2.24, 2.45) is 0 Å². The number of fused-ring (bicyclic) bond motifs is 1. The van der Waals surface area contributed by atoms with Gasteiger partial charge in [-0.3, -0.25) is 10.00 Å². The molecular weight excluding hydrogens is 320 g/mol. The predicted octanol–water partition coefficient (Wildman–Crippen LogP) is 3.19.